The van der Waals surface area contributed by atoms with E-state index >= 15 is 0 Å². The van der Waals surface area contributed by atoms with Crippen molar-refractivity contribution in [1.29, 1.82) is 0 Å². The molecule has 0 aliphatic heterocycles. The van der Waals surface area contributed by atoms with Gasteiger partial charge in [0, 0.05) is 18.5 Å². The largest absolute Gasteiger partial charge is 0.398 e. The number of hydrogen-bond acceptors (Lipinski definition) is 3. The van der Waals surface area contributed by atoms with Crippen LogP contribution >= 0.6 is 0 Å². The van der Waals surface area contributed by atoms with Crippen molar-refractivity contribution in [3.8, 4) is 0 Å². The highest BCUT2D eigenvalue weighted by molar-refractivity contribution is 5.96. The fourth-order valence-corrected chi connectivity index (χ4v) is 2.27. The van der Waals surface area contributed by atoms with Crippen LogP contribution in [0.1, 0.15) is 22.8 Å². The first-order chi connectivity index (χ1) is 10.0. The zero-order valence-corrected chi connectivity index (χ0v) is 12.5. The number of amides is 1. The molecule has 1 unspecified atom stereocenters. The van der Waals surface area contributed by atoms with E-state index in [-0.39, 0.29) is 5.91 Å². The summed E-state index contributed by atoms with van der Waals surface area (Å²) in [4.78, 5) is 12.5. The quantitative estimate of drug-likeness (QED) is 0.847. The Hall–Kier alpha value is -2.33. The molecule has 0 fully saturated rings. The van der Waals surface area contributed by atoms with Crippen molar-refractivity contribution in [2.45, 2.75) is 20.0 Å². The lowest BCUT2D eigenvalue weighted by molar-refractivity contribution is -0.126. The van der Waals surface area contributed by atoms with Gasteiger partial charge in [0.1, 0.15) is 0 Å². The molecule has 0 aromatic heterocycles. The minimum Gasteiger partial charge on any atom is -0.398 e. The molecule has 0 radical (unpaired) electrons. The number of benzene rings is 2. The number of nitrogens with two attached hydrogens (primary N) is 1. The molecule has 0 saturated carbocycles. The SMILES string of the molecule is COC(C(=O)Nc1c(C)ccc(N)c1C)c1ccccc1. The second-order valence-corrected chi connectivity index (χ2v) is 4.99. The van der Waals surface area contributed by atoms with E-state index in [1.165, 1.54) is 7.11 Å². The molecule has 0 bridgehead atoms. The Balaban J connectivity index is 2.27. The van der Waals surface area contributed by atoms with Gasteiger partial charge in [-0.25, -0.2) is 0 Å². The minimum atomic E-state index is -0.647. The minimum absolute atomic E-state index is 0.208. The third kappa shape index (κ3) is 3.23. The number of methoxy groups -OCH3 is 1. The molecule has 2 aromatic carbocycles. The van der Waals surface area contributed by atoms with Crippen LogP contribution in [0, 0.1) is 13.8 Å². The summed E-state index contributed by atoms with van der Waals surface area (Å²) in [6.45, 7) is 3.83. The Labute approximate surface area is 124 Å². The molecule has 0 saturated heterocycles. The molecule has 1 atom stereocenters. The summed E-state index contributed by atoms with van der Waals surface area (Å²) in [5.41, 5.74) is 9.96. The molecule has 110 valence electrons. The summed E-state index contributed by atoms with van der Waals surface area (Å²) in [6, 6.07) is 13.1. The van der Waals surface area contributed by atoms with Crippen molar-refractivity contribution in [2.75, 3.05) is 18.2 Å². The maximum absolute atomic E-state index is 12.5. The van der Waals surface area contributed by atoms with E-state index in [0.717, 1.165) is 22.4 Å². The Morgan fingerprint density at radius 1 is 1.14 bits per heavy atom. The highest BCUT2D eigenvalue weighted by Crippen LogP contribution is 2.27. The van der Waals surface area contributed by atoms with Gasteiger partial charge >= 0.3 is 0 Å². The molecule has 2 rings (SSSR count). The molecular formula is C17H20N2O2. The fraction of sp³-hybridized carbons (Fsp3) is 0.235. The summed E-state index contributed by atoms with van der Waals surface area (Å²) < 4.78 is 5.34. The number of hydrogen-bond donors (Lipinski definition) is 2. The molecule has 0 aliphatic carbocycles. The number of anilines is 2. The van der Waals surface area contributed by atoms with Gasteiger partial charge in [-0.05, 0) is 36.6 Å². The third-order valence-electron chi connectivity index (χ3n) is 3.54. The molecule has 0 spiro atoms. The summed E-state index contributed by atoms with van der Waals surface area (Å²) in [7, 11) is 1.52. The molecule has 2 aromatic rings. The average Bonchev–Trinajstić information content (AvgIpc) is 2.49. The highest BCUT2D eigenvalue weighted by atomic mass is 16.5. The van der Waals surface area contributed by atoms with Crippen LogP contribution in [0.25, 0.3) is 0 Å². The first-order valence-electron chi connectivity index (χ1n) is 6.79. The van der Waals surface area contributed by atoms with Gasteiger partial charge in [-0.3, -0.25) is 4.79 Å². The topological polar surface area (TPSA) is 64.3 Å². The zero-order chi connectivity index (χ0) is 15.4. The molecule has 21 heavy (non-hydrogen) atoms. The van der Waals surface area contributed by atoms with Crippen molar-refractivity contribution in [1.82, 2.24) is 0 Å². The number of nitrogens with one attached hydrogen (secondary N) is 1. The molecule has 4 heteroatoms. The summed E-state index contributed by atoms with van der Waals surface area (Å²) in [5, 5.41) is 2.92. The maximum Gasteiger partial charge on any atom is 0.258 e. The van der Waals surface area contributed by atoms with E-state index < -0.39 is 6.10 Å². The first-order valence-corrected chi connectivity index (χ1v) is 6.79. The smallest absolute Gasteiger partial charge is 0.258 e. The third-order valence-corrected chi connectivity index (χ3v) is 3.54. The predicted octanol–water partition coefficient (Wildman–Crippen LogP) is 3.21. The van der Waals surface area contributed by atoms with Crippen LogP contribution in [0.15, 0.2) is 42.5 Å². The van der Waals surface area contributed by atoms with Gasteiger partial charge < -0.3 is 15.8 Å². The van der Waals surface area contributed by atoms with Crippen molar-refractivity contribution in [3.63, 3.8) is 0 Å². The number of rotatable bonds is 4. The number of carbonyl (C=O) groups excluding carboxylic acids is 1. The van der Waals surface area contributed by atoms with E-state index in [0.29, 0.717) is 5.69 Å². The van der Waals surface area contributed by atoms with Crippen molar-refractivity contribution < 1.29 is 9.53 Å². The van der Waals surface area contributed by atoms with E-state index in [2.05, 4.69) is 5.32 Å². The maximum atomic E-state index is 12.5. The highest BCUT2D eigenvalue weighted by Gasteiger charge is 2.21. The number of nitrogen functional groups attached to an aromatic ring is 1. The average molecular weight is 284 g/mol. The van der Waals surface area contributed by atoms with Gasteiger partial charge in [0.25, 0.3) is 5.91 Å². The van der Waals surface area contributed by atoms with E-state index in [1.54, 1.807) is 0 Å². The van der Waals surface area contributed by atoms with Crippen molar-refractivity contribution in [3.05, 3.63) is 59.2 Å². The molecular weight excluding hydrogens is 264 g/mol. The van der Waals surface area contributed by atoms with Gasteiger partial charge in [-0.1, -0.05) is 36.4 Å². The van der Waals surface area contributed by atoms with Crippen LogP contribution < -0.4 is 11.1 Å². The number of ether oxygens (including phenoxy) is 1. The van der Waals surface area contributed by atoms with Crippen LogP contribution in [0.4, 0.5) is 11.4 Å². The van der Waals surface area contributed by atoms with Crippen molar-refractivity contribution >= 4 is 17.3 Å². The van der Waals surface area contributed by atoms with Crippen LogP contribution in [-0.4, -0.2) is 13.0 Å². The van der Waals surface area contributed by atoms with E-state index in [9.17, 15) is 4.79 Å². The summed E-state index contributed by atoms with van der Waals surface area (Å²) in [6.07, 6.45) is -0.647. The van der Waals surface area contributed by atoms with Crippen LogP contribution in [0.2, 0.25) is 0 Å². The van der Waals surface area contributed by atoms with Gasteiger partial charge in [-0.2, -0.15) is 0 Å². The summed E-state index contributed by atoms with van der Waals surface area (Å²) >= 11 is 0. The second-order valence-electron chi connectivity index (χ2n) is 4.99. The number of carbonyl (C=O) groups is 1. The predicted molar refractivity (Wildman–Crippen MR) is 85.2 cm³/mol. The Morgan fingerprint density at radius 2 is 1.81 bits per heavy atom. The monoisotopic (exact) mass is 284 g/mol. The van der Waals surface area contributed by atoms with Gasteiger partial charge in [-0.15, -0.1) is 0 Å². The Morgan fingerprint density at radius 3 is 2.43 bits per heavy atom. The van der Waals surface area contributed by atoms with Crippen LogP contribution in [0.5, 0.6) is 0 Å². The lowest BCUT2D eigenvalue weighted by Crippen LogP contribution is -2.23. The first kappa shape index (κ1) is 15.1. The van der Waals surface area contributed by atoms with Crippen LogP contribution in [-0.2, 0) is 9.53 Å². The lowest BCUT2D eigenvalue weighted by atomic mass is 10.1. The normalized spacial score (nSPS) is 12.0. The summed E-state index contributed by atoms with van der Waals surface area (Å²) in [5.74, 6) is -0.208. The van der Waals surface area contributed by atoms with Crippen LogP contribution in [0.3, 0.4) is 0 Å². The molecule has 0 heterocycles. The molecule has 3 N–H and O–H groups in total. The van der Waals surface area contributed by atoms with Gasteiger partial charge in [0.2, 0.25) is 0 Å². The molecule has 4 nitrogen and oxygen atoms in total. The Bertz CT molecular complexity index is 639. The zero-order valence-electron chi connectivity index (χ0n) is 12.5. The van der Waals surface area contributed by atoms with E-state index in [1.807, 2.05) is 56.3 Å². The second kappa shape index (κ2) is 6.41. The Kier molecular flexibility index (Phi) is 4.60. The van der Waals surface area contributed by atoms with Gasteiger partial charge in [0.15, 0.2) is 6.10 Å². The fourth-order valence-electron chi connectivity index (χ4n) is 2.27. The standard InChI is InChI=1S/C17H20N2O2/c1-11-9-10-14(18)12(2)15(11)19-17(20)16(21-3)13-7-5-4-6-8-13/h4-10,16H,18H2,1-3H3,(H,19,20). The lowest BCUT2D eigenvalue weighted by Gasteiger charge is -2.18. The number of aryl methyl sites for hydroxylation is 1. The van der Waals surface area contributed by atoms with Crippen molar-refractivity contribution in [2.24, 2.45) is 0 Å². The molecule has 0 aliphatic rings. The molecule has 1 amide bonds. The van der Waals surface area contributed by atoms with Gasteiger partial charge in [0.05, 0.1) is 0 Å². The van der Waals surface area contributed by atoms with E-state index in [4.69, 9.17) is 10.5 Å².